The number of alkyl halides is 1. The second-order valence-corrected chi connectivity index (χ2v) is 1.95. The standard InChI is InChI=1S/C3H6ClNO4/c1-2-3(4,6)9-5(7)8/h6H,2H2,1H3. The summed E-state index contributed by atoms with van der Waals surface area (Å²) in [5.41, 5.74) is 0. The van der Waals surface area contributed by atoms with Crippen LogP contribution >= 0.6 is 11.6 Å². The molecule has 1 unspecified atom stereocenters. The number of hydrogen-bond donors (Lipinski definition) is 1. The Balaban J connectivity index is 3.71. The highest BCUT2D eigenvalue weighted by molar-refractivity contribution is 6.21. The third-order valence-electron chi connectivity index (χ3n) is 0.650. The number of aliphatic hydroxyl groups is 1. The predicted molar refractivity (Wildman–Crippen MR) is 29.2 cm³/mol. The molecule has 0 amide bonds. The van der Waals surface area contributed by atoms with Crippen molar-refractivity contribution in [3.8, 4) is 0 Å². The maximum absolute atomic E-state index is 9.51. The lowest BCUT2D eigenvalue weighted by Crippen LogP contribution is -2.26. The fourth-order valence-corrected chi connectivity index (χ4v) is 0.235. The predicted octanol–water partition coefficient (Wildman–Crippen LogP) is 0.490. The molecule has 1 N–H and O–H groups in total. The number of rotatable bonds is 3. The minimum absolute atomic E-state index is 0.0461. The second kappa shape index (κ2) is 2.84. The van der Waals surface area contributed by atoms with E-state index in [2.05, 4.69) is 4.84 Å². The topological polar surface area (TPSA) is 72.6 Å². The van der Waals surface area contributed by atoms with E-state index in [1.54, 1.807) is 0 Å². The highest BCUT2D eigenvalue weighted by Gasteiger charge is 2.25. The Morgan fingerprint density at radius 3 is 2.56 bits per heavy atom. The number of hydrogen-bond acceptors (Lipinski definition) is 4. The Bertz CT molecular complexity index is 114. The molecule has 0 bridgehead atoms. The average Bonchev–Trinajstić information content (AvgIpc) is 1.63. The molecule has 0 aromatic heterocycles. The number of nitrogens with zero attached hydrogens (tertiary/aromatic N) is 1. The van der Waals surface area contributed by atoms with Crippen LogP contribution in [0.5, 0.6) is 0 Å². The van der Waals surface area contributed by atoms with Gasteiger partial charge in [0, 0.05) is 6.42 Å². The van der Waals surface area contributed by atoms with E-state index in [9.17, 15) is 10.1 Å². The van der Waals surface area contributed by atoms with Crippen molar-refractivity contribution in [1.29, 1.82) is 0 Å². The van der Waals surface area contributed by atoms with Crippen molar-refractivity contribution < 1.29 is 15.0 Å². The summed E-state index contributed by atoms with van der Waals surface area (Å²) in [6, 6.07) is 0. The maximum atomic E-state index is 9.51. The van der Waals surface area contributed by atoms with Crippen LogP contribution in [-0.2, 0) is 4.84 Å². The number of halogens is 1. The fraction of sp³-hybridized carbons (Fsp3) is 1.00. The molecule has 0 heterocycles. The van der Waals surface area contributed by atoms with Gasteiger partial charge in [-0.2, -0.15) is 0 Å². The SMILES string of the molecule is CCC(O)(Cl)O[N+](=O)[O-]. The van der Waals surface area contributed by atoms with Crippen LogP contribution in [0.25, 0.3) is 0 Å². The molecule has 9 heavy (non-hydrogen) atoms. The van der Waals surface area contributed by atoms with Gasteiger partial charge in [-0.1, -0.05) is 18.5 Å². The average molecular weight is 156 g/mol. The summed E-state index contributed by atoms with van der Waals surface area (Å²) in [6.07, 6.45) is -0.0461. The molecule has 54 valence electrons. The van der Waals surface area contributed by atoms with Gasteiger partial charge >= 0.3 is 0 Å². The molecule has 1 atom stereocenters. The largest absolute Gasteiger partial charge is 0.354 e. The molecule has 0 saturated heterocycles. The van der Waals surface area contributed by atoms with Crippen LogP contribution in [0.4, 0.5) is 0 Å². The molecule has 0 aliphatic carbocycles. The molecule has 0 aromatic carbocycles. The van der Waals surface area contributed by atoms with Crippen LogP contribution in [-0.4, -0.2) is 15.4 Å². The fourth-order valence-electron chi connectivity index (χ4n) is 0.179. The summed E-state index contributed by atoms with van der Waals surface area (Å²) in [7, 11) is 0. The Morgan fingerprint density at radius 2 is 2.44 bits per heavy atom. The van der Waals surface area contributed by atoms with Gasteiger partial charge in [0.05, 0.1) is 0 Å². The van der Waals surface area contributed by atoms with Crippen LogP contribution in [0, 0.1) is 10.1 Å². The van der Waals surface area contributed by atoms with Gasteiger partial charge in [0.25, 0.3) is 10.3 Å². The summed E-state index contributed by atoms with van der Waals surface area (Å²) in [5, 5.41) is 14.8. The molecule has 5 nitrogen and oxygen atoms in total. The Hall–Kier alpha value is -0.550. The minimum atomic E-state index is -2.16. The smallest absolute Gasteiger partial charge is 0.298 e. The Kier molecular flexibility index (Phi) is 2.66. The molecule has 0 aliphatic rings. The zero-order valence-corrected chi connectivity index (χ0v) is 5.46. The van der Waals surface area contributed by atoms with Crippen LogP contribution in [0.2, 0.25) is 0 Å². The van der Waals surface area contributed by atoms with E-state index >= 15 is 0 Å². The highest BCUT2D eigenvalue weighted by Crippen LogP contribution is 2.16. The van der Waals surface area contributed by atoms with E-state index in [0.29, 0.717) is 0 Å². The van der Waals surface area contributed by atoms with Gasteiger partial charge in [0.2, 0.25) is 0 Å². The van der Waals surface area contributed by atoms with Gasteiger partial charge in [-0.25, -0.2) is 0 Å². The van der Waals surface area contributed by atoms with Gasteiger partial charge in [-0.3, -0.25) is 4.84 Å². The third-order valence-corrected chi connectivity index (χ3v) is 0.987. The van der Waals surface area contributed by atoms with Crippen molar-refractivity contribution >= 4 is 11.6 Å². The lowest BCUT2D eigenvalue weighted by Gasteiger charge is -2.13. The van der Waals surface area contributed by atoms with Crippen LogP contribution < -0.4 is 0 Å². The van der Waals surface area contributed by atoms with Crippen molar-refractivity contribution in [3.63, 3.8) is 0 Å². The zero-order valence-electron chi connectivity index (χ0n) is 4.70. The highest BCUT2D eigenvalue weighted by atomic mass is 35.5. The summed E-state index contributed by atoms with van der Waals surface area (Å²) < 4.78 is 0. The van der Waals surface area contributed by atoms with Crippen LogP contribution in [0.15, 0.2) is 0 Å². The minimum Gasteiger partial charge on any atom is -0.354 e. The quantitative estimate of drug-likeness (QED) is 0.279. The first-order valence-electron chi connectivity index (χ1n) is 2.23. The second-order valence-electron chi connectivity index (χ2n) is 1.36. The maximum Gasteiger partial charge on any atom is 0.298 e. The van der Waals surface area contributed by atoms with Gasteiger partial charge in [0.1, 0.15) is 0 Å². The Labute approximate surface area is 56.3 Å². The van der Waals surface area contributed by atoms with Gasteiger partial charge in [0.15, 0.2) is 0 Å². The molecule has 0 saturated carbocycles. The van der Waals surface area contributed by atoms with Gasteiger partial charge < -0.3 is 5.11 Å². The molecule has 0 aromatic rings. The summed E-state index contributed by atoms with van der Waals surface area (Å²) >= 11 is 5.01. The zero-order chi connectivity index (χ0) is 7.49. The van der Waals surface area contributed by atoms with Gasteiger partial charge in [-0.15, -0.1) is 10.1 Å². The van der Waals surface area contributed by atoms with Crippen molar-refractivity contribution in [2.24, 2.45) is 0 Å². The normalized spacial score (nSPS) is 16.3. The van der Waals surface area contributed by atoms with Crippen LogP contribution in [0.1, 0.15) is 13.3 Å². The molecule has 0 fully saturated rings. The molecule has 0 radical (unpaired) electrons. The van der Waals surface area contributed by atoms with E-state index in [-0.39, 0.29) is 6.42 Å². The molecule has 6 heteroatoms. The van der Waals surface area contributed by atoms with Crippen molar-refractivity contribution in [1.82, 2.24) is 0 Å². The molecule has 0 rings (SSSR count). The van der Waals surface area contributed by atoms with E-state index < -0.39 is 10.3 Å². The summed E-state index contributed by atoms with van der Waals surface area (Å²) in [6.45, 7) is 1.45. The summed E-state index contributed by atoms with van der Waals surface area (Å²) in [4.78, 5) is 13.1. The van der Waals surface area contributed by atoms with Crippen molar-refractivity contribution in [2.75, 3.05) is 0 Å². The van der Waals surface area contributed by atoms with E-state index in [1.165, 1.54) is 6.92 Å². The first-order valence-corrected chi connectivity index (χ1v) is 2.60. The first kappa shape index (κ1) is 8.45. The molecule has 0 spiro atoms. The van der Waals surface area contributed by atoms with Crippen molar-refractivity contribution in [3.05, 3.63) is 10.1 Å². The lowest BCUT2D eigenvalue weighted by molar-refractivity contribution is -0.786. The van der Waals surface area contributed by atoms with Gasteiger partial charge in [-0.05, 0) is 0 Å². The molecular weight excluding hydrogens is 149 g/mol. The third kappa shape index (κ3) is 3.99. The summed E-state index contributed by atoms with van der Waals surface area (Å²) in [5.74, 6) is 0. The van der Waals surface area contributed by atoms with E-state index in [4.69, 9.17) is 16.7 Å². The Morgan fingerprint density at radius 1 is 2.00 bits per heavy atom. The first-order chi connectivity index (χ1) is 3.98. The molecular formula is C3H6ClNO4. The monoisotopic (exact) mass is 155 g/mol. The van der Waals surface area contributed by atoms with E-state index in [0.717, 1.165) is 0 Å². The van der Waals surface area contributed by atoms with E-state index in [1.807, 2.05) is 0 Å². The van der Waals surface area contributed by atoms with Crippen LogP contribution in [0.3, 0.4) is 0 Å². The lowest BCUT2D eigenvalue weighted by atomic mass is 10.5. The molecule has 0 aliphatic heterocycles. The van der Waals surface area contributed by atoms with Crippen molar-refractivity contribution in [2.45, 2.75) is 18.6 Å².